The molecule has 2 N–H and O–H groups in total. The van der Waals surface area contributed by atoms with E-state index < -0.39 is 12.8 Å². The molecule has 116 valence electrons. The molecule has 0 amide bonds. The van der Waals surface area contributed by atoms with Crippen LogP contribution < -0.4 is 0 Å². The summed E-state index contributed by atoms with van der Waals surface area (Å²) in [5.41, 5.74) is 0. The Labute approximate surface area is 119 Å². The first-order chi connectivity index (χ1) is 8.49. The van der Waals surface area contributed by atoms with Crippen LogP contribution in [0.2, 0.25) is 0 Å². The second kappa shape index (κ2) is 7.24. The van der Waals surface area contributed by atoms with Crippen molar-refractivity contribution < 1.29 is 14.4 Å². The normalized spacial score (nSPS) is 19.5. The largest absolute Gasteiger partial charge is 0.332 e. The quantitative estimate of drug-likeness (QED) is 0.639. The molecule has 0 heterocycles. The zero-order valence-corrected chi connectivity index (χ0v) is 14.6. The Morgan fingerprint density at radius 3 is 1.37 bits per heavy atom. The van der Waals surface area contributed by atoms with Gasteiger partial charge in [0.05, 0.1) is 5.16 Å². The Morgan fingerprint density at radius 2 is 1.21 bits per heavy atom. The molecule has 19 heavy (non-hydrogen) atoms. The second-order valence-electron chi connectivity index (χ2n) is 6.95. The number of rotatable bonds is 8. The minimum atomic E-state index is -4.13. The molecule has 0 saturated carbocycles. The molecule has 0 aliphatic carbocycles. The summed E-state index contributed by atoms with van der Waals surface area (Å²) in [6, 6.07) is 0. The zero-order valence-electron chi connectivity index (χ0n) is 13.7. The first-order valence-electron chi connectivity index (χ1n) is 7.54. The van der Waals surface area contributed by atoms with Crippen molar-refractivity contribution in [3.8, 4) is 0 Å². The fraction of sp³-hybridized carbons (Fsp3) is 1.00. The van der Waals surface area contributed by atoms with Crippen molar-refractivity contribution >= 4 is 7.60 Å². The molecule has 0 bridgehead atoms. The molecular formula is C15H33O3P. The third kappa shape index (κ3) is 4.58. The highest BCUT2D eigenvalue weighted by Crippen LogP contribution is 2.62. The zero-order chi connectivity index (χ0) is 15.4. The Morgan fingerprint density at radius 1 is 0.895 bits per heavy atom. The Bertz CT molecular complexity index is 291. The lowest BCUT2D eigenvalue weighted by atomic mass is 9.74. The van der Waals surface area contributed by atoms with Crippen LogP contribution in [-0.2, 0) is 4.57 Å². The molecule has 0 rings (SSSR count). The minimum Gasteiger partial charge on any atom is -0.324 e. The monoisotopic (exact) mass is 292 g/mol. The summed E-state index contributed by atoms with van der Waals surface area (Å²) in [4.78, 5) is 20.0. The van der Waals surface area contributed by atoms with Crippen LogP contribution in [0.25, 0.3) is 0 Å². The van der Waals surface area contributed by atoms with Crippen molar-refractivity contribution in [3.05, 3.63) is 0 Å². The van der Waals surface area contributed by atoms with E-state index in [9.17, 15) is 14.4 Å². The van der Waals surface area contributed by atoms with Gasteiger partial charge in [-0.15, -0.1) is 0 Å². The van der Waals surface area contributed by atoms with Crippen molar-refractivity contribution in [1.82, 2.24) is 0 Å². The van der Waals surface area contributed by atoms with Gasteiger partial charge in [-0.05, 0) is 42.9 Å². The Kier molecular flexibility index (Phi) is 7.30. The van der Waals surface area contributed by atoms with Gasteiger partial charge in [0, 0.05) is 0 Å². The summed E-state index contributed by atoms with van der Waals surface area (Å²) < 4.78 is 12.2. The maximum Gasteiger partial charge on any atom is 0.332 e. The average molecular weight is 292 g/mol. The molecule has 2 unspecified atom stereocenters. The maximum absolute atomic E-state index is 12.2. The van der Waals surface area contributed by atoms with E-state index in [0.29, 0.717) is 18.3 Å². The minimum absolute atomic E-state index is 0.0343. The highest BCUT2D eigenvalue weighted by Gasteiger charge is 2.52. The van der Waals surface area contributed by atoms with Crippen LogP contribution in [0.1, 0.15) is 67.7 Å². The van der Waals surface area contributed by atoms with Crippen molar-refractivity contribution in [2.45, 2.75) is 72.9 Å². The maximum atomic E-state index is 12.2. The molecule has 0 aliphatic heterocycles. The van der Waals surface area contributed by atoms with Crippen LogP contribution in [0.15, 0.2) is 0 Å². The van der Waals surface area contributed by atoms with Gasteiger partial charge in [0.1, 0.15) is 0 Å². The molecule has 0 aromatic rings. The van der Waals surface area contributed by atoms with Crippen molar-refractivity contribution in [2.75, 3.05) is 0 Å². The van der Waals surface area contributed by atoms with Gasteiger partial charge in [0.25, 0.3) is 0 Å². The van der Waals surface area contributed by atoms with E-state index in [1.807, 2.05) is 20.8 Å². The fourth-order valence-electron chi connectivity index (χ4n) is 3.79. The number of hydrogen-bond acceptors (Lipinski definition) is 1. The molecular weight excluding hydrogens is 259 g/mol. The topological polar surface area (TPSA) is 57.5 Å². The summed E-state index contributed by atoms with van der Waals surface area (Å²) in [6.07, 6.45) is 2.27. The second-order valence-corrected chi connectivity index (χ2v) is 8.87. The van der Waals surface area contributed by atoms with E-state index in [-0.39, 0.29) is 11.8 Å². The van der Waals surface area contributed by atoms with Gasteiger partial charge < -0.3 is 9.79 Å². The molecule has 0 saturated heterocycles. The average Bonchev–Trinajstić information content (AvgIpc) is 2.13. The molecule has 2 atom stereocenters. The summed E-state index contributed by atoms with van der Waals surface area (Å²) in [5.74, 6) is 0.983. The first-order valence-corrected chi connectivity index (χ1v) is 9.15. The van der Waals surface area contributed by atoms with E-state index in [2.05, 4.69) is 27.7 Å². The lowest BCUT2D eigenvalue weighted by molar-refractivity contribution is 0.177. The summed E-state index contributed by atoms with van der Waals surface area (Å²) >= 11 is 0. The van der Waals surface area contributed by atoms with E-state index in [4.69, 9.17) is 0 Å². The molecule has 0 aromatic carbocycles. The molecule has 0 radical (unpaired) electrons. The summed E-state index contributed by atoms with van der Waals surface area (Å²) in [6.45, 7) is 14.4. The van der Waals surface area contributed by atoms with Crippen LogP contribution in [0.3, 0.4) is 0 Å². The van der Waals surface area contributed by atoms with Crippen molar-refractivity contribution in [1.29, 1.82) is 0 Å². The lowest BCUT2D eigenvalue weighted by Gasteiger charge is -2.44. The van der Waals surface area contributed by atoms with E-state index in [0.717, 1.165) is 12.8 Å². The smallest absolute Gasteiger partial charge is 0.324 e. The molecule has 0 fully saturated rings. The molecule has 0 spiro atoms. The third-order valence-corrected chi connectivity index (χ3v) is 6.75. The van der Waals surface area contributed by atoms with Crippen LogP contribution in [0.4, 0.5) is 0 Å². The molecule has 4 heteroatoms. The van der Waals surface area contributed by atoms with Gasteiger partial charge in [-0.3, -0.25) is 4.57 Å². The van der Waals surface area contributed by atoms with Crippen LogP contribution in [0.5, 0.6) is 0 Å². The fourth-order valence-corrected chi connectivity index (χ4v) is 5.56. The van der Waals surface area contributed by atoms with E-state index in [1.165, 1.54) is 0 Å². The third-order valence-electron chi connectivity index (χ3n) is 4.47. The van der Waals surface area contributed by atoms with Crippen molar-refractivity contribution in [2.24, 2.45) is 23.7 Å². The SMILES string of the molecule is CCC(C(C)CC(C)C)(C(C)CC(C)C)P(=O)(O)O. The van der Waals surface area contributed by atoms with Gasteiger partial charge in [0.2, 0.25) is 0 Å². The van der Waals surface area contributed by atoms with Gasteiger partial charge in [-0.2, -0.15) is 0 Å². The highest BCUT2D eigenvalue weighted by atomic mass is 31.2. The van der Waals surface area contributed by atoms with Gasteiger partial charge in [-0.1, -0.05) is 48.5 Å². The summed E-state index contributed by atoms with van der Waals surface area (Å²) in [5, 5.41) is -0.873. The van der Waals surface area contributed by atoms with E-state index >= 15 is 0 Å². The lowest BCUT2D eigenvalue weighted by Crippen LogP contribution is -2.43. The van der Waals surface area contributed by atoms with Gasteiger partial charge >= 0.3 is 7.60 Å². The Hall–Kier alpha value is 0.150. The molecule has 3 nitrogen and oxygen atoms in total. The van der Waals surface area contributed by atoms with Crippen LogP contribution >= 0.6 is 7.60 Å². The van der Waals surface area contributed by atoms with Crippen LogP contribution in [0, 0.1) is 23.7 Å². The van der Waals surface area contributed by atoms with Gasteiger partial charge in [-0.25, -0.2) is 0 Å². The Balaban J connectivity index is 5.50. The molecule has 0 aromatic heterocycles. The van der Waals surface area contributed by atoms with Crippen LogP contribution in [-0.4, -0.2) is 14.9 Å². The summed E-state index contributed by atoms with van der Waals surface area (Å²) in [7, 11) is -4.13. The first kappa shape index (κ1) is 19.1. The van der Waals surface area contributed by atoms with Crippen molar-refractivity contribution in [3.63, 3.8) is 0 Å². The molecule has 0 aliphatic rings. The highest BCUT2D eigenvalue weighted by molar-refractivity contribution is 7.53. The van der Waals surface area contributed by atoms with Gasteiger partial charge in [0.15, 0.2) is 0 Å². The standard InChI is InChI=1S/C15H33O3P/c1-8-15(19(16,17)18,13(6)9-11(2)3)14(7)10-12(4)5/h11-14H,8-10H2,1-7H3,(H2,16,17,18). The number of hydrogen-bond donors (Lipinski definition) is 2. The predicted molar refractivity (Wildman–Crippen MR) is 82.3 cm³/mol. The predicted octanol–water partition coefficient (Wildman–Crippen LogP) is 4.68. The van der Waals surface area contributed by atoms with E-state index in [1.54, 1.807) is 0 Å².